The number of hydrogen-bond donors (Lipinski definition) is 0. The number of methoxy groups -OCH3 is 2. The highest BCUT2D eigenvalue weighted by Crippen LogP contribution is 2.54. The van der Waals surface area contributed by atoms with Crippen molar-refractivity contribution in [2.45, 2.75) is 41.5 Å². The van der Waals surface area contributed by atoms with Gasteiger partial charge < -0.3 is 14.0 Å². The highest BCUT2D eigenvalue weighted by Gasteiger charge is 2.46. The molecule has 6 heteroatoms. The summed E-state index contributed by atoms with van der Waals surface area (Å²) in [5.41, 5.74) is 3.94. The molecule has 3 rings (SSSR count). The Kier molecular flexibility index (Phi) is 7.18. The summed E-state index contributed by atoms with van der Waals surface area (Å²) in [6.45, 7) is 11.1. The van der Waals surface area contributed by atoms with E-state index in [4.69, 9.17) is 9.47 Å². The highest BCUT2D eigenvalue weighted by atomic mass is 31.2. The molecule has 0 atom stereocenters. The summed E-state index contributed by atoms with van der Waals surface area (Å²) in [4.78, 5) is 28.4. The van der Waals surface area contributed by atoms with E-state index in [-0.39, 0.29) is 11.1 Å². The number of benzene rings is 3. The van der Waals surface area contributed by atoms with Crippen molar-refractivity contribution in [2.75, 3.05) is 14.2 Å². The first-order valence-corrected chi connectivity index (χ1v) is 12.7. The lowest BCUT2D eigenvalue weighted by Crippen LogP contribution is -2.24. The fraction of sp³-hybridized carbons (Fsp3) is 0.286. The summed E-state index contributed by atoms with van der Waals surface area (Å²) in [5, 5.41) is 0.0737. The van der Waals surface area contributed by atoms with Gasteiger partial charge in [0.25, 0.3) is 7.14 Å². The van der Waals surface area contributed by atoms with E-state index in [9.17, 15) is 14.2 Å². The van der Waals surface area contributed by atoms with Crippen LogP contribution in [0.2, 0.25) is 0 Å². The van der Waals surface area contributed by atoms with E-state index in [0.717, 1.165) is 11.1 Å². The number of carbonyl (C=O) groups excluding carboxylic acids is 2. The molecule has 3 aromatic carbocycles. The monoisotopic (exact) mass is 478 g/mol. The minimum Gasteiger partial charge on any atom is -0.497 e. The van der Waals surface area contributed by atoms with Crippen LogP contribution < -0.4 is 14.8 Å². The van der Waals surface area contributed by atoms with Crippen LogP contribution in [0.5, 0.6) is 11.5 Å². The molecular weight excluding hydrogens is 447 g/mol. The van der Waals surface area contributed by atoms with Crippen LogP contribution in [0, 0.1) is 41.5 Å². The van der Waals surface area contributed by atoms with E-state index in [0.29, 0.717) is 39.1 Å². The van der Waals surface area contributed by atoms with Crippen molar-refractivity contribution < 1.29 is 23.6 Å². The van der Waals surface area contributed by atoms with Gasteiger partial charge in [-0.1, -0.05) is 35.4 Å². The zero-order valence-electron chi connectivity index (χ0n) is 21.0. The third-order valence-corrected chi connectivity index (χ3v) is 8.72. The van der Waals surface area contributed by atoms with Gasteiger partial charge in [0.05, 0.1) is 19.5 Å². The molecule has 0 aliphatic rings. The molecule has 5 nitrogen and oxygen atoms in total. The second-order valence-corrected chi connectivity index (χ2v) is 11.3. The first-order valence-electron chi connectivity index (χ1n) is 11.0. The smallest absolute Gasteiger partial charge is 0.252 e. The zero-order valence-corrected chi connectivity index (χ0v) is 21.9. The summed E-state index contributed by atoms with van der Waals surface area (Å²) < 4.78 is 25.7. The van der Waals surface area contributed by atoms with Crippen LogP contribution in [0.15, 0.2) is 42.5 Å². The number of rotatable bonds is 7. The van der Waals surface area contributed by atoms with Crippen LogP contribution in [0.3, 0.4) is 0 Å². The first-order chi connectivity index (χ1) is 15.9. The Morgan fingerprint density at radius 2 is 1.06 bits per heavy atom. The maximum absolute atomic E-state index is 15.0. The third-order valence-electron chi connectivity index (χ3n) is 6.08. The lowest BCUT2D eigenvalue weighted by atomic mass is 10.0. The Labute approximate surface area is 201 Å². The molecule has 0 aliphatic heterocycles. The fourth-order valence-electron chi connectivity index (χ4n) is 4.71. The van der Waals surface area contributed by atoms with Gasteiger partial charge in [0.1, 0.15) is 11.5 Å². The average molecular weight is 479 g/mol. The predicted molar refractivity (Wildman–Crippen MR) is 137 cm³/mol. The predicted octanol–water partition coefficient (Wildman–Crippen LogP) is 6.22. The van der Waals surface area contributed by atoms with E-state index >= 15 is 0 Å². The van der Waals surface area contributed by atoms with Crippen molar-refractivity contribution >= 4 is 23.5 Å². The maximum atomic E-state index is 15.0. The quantitative estimate of drug-likeness (QED) is 0.377. The summed E-state index contributed by atoms with van der Waals surface area (Å²) in [6, 6.07) is 12.1. The van der Waals surface area contributed by atoms with Crippen molar-refractivity contribution in [1.29, 1.82) is 0 Å². The molecule has 0 fully saturated rings. The fourth-order valence-corrected chi connectivity index (χ4v) is 7.41. The standard InChI is InChI=1S/C28H31O5P/c1-16-11-18(3)25(19(4)12-16)27(29)34(31,24-10-9-22(32-7)15-23(24)33-8)28(30)26-20(5)13-17(2)14-21(26)6/h9-15H,1-8H3. The molecule has 0 N–H and O–H groups in total. The number of ether oxygens (including phenoxy) is 2. The van der Waals surface area contributed by atoms with Crippen LogP contribution in [-0.4, -0.2) is 25.3 Å². The molecule has 0 saturated carbocycles. The molecule has 0 aromatic heterocycles. The summed E-state index contributed by atoms with van der Waals surface area (Å²) >= 11 is 0. The van der Waals surface area contributed by atoms with Gasteiger partial charge >= 0.3 is 0 Å². The average Bonchev–Trinajstić information content (AvgIpc) is 2.76. The molecule has 0 saturated heterocycles. The number of carbonyl (C=O) groups is 2. The highest BCUT2D eigenvalue weighted by molar-refractivity contribution is 8.01. The SMILES string of the molecule is COc1ccc(P(=O)(C(=O)c2c(C)cc(C)cc2C)C(=O)c2c(C)cc(C)cc2C)c(OC)c1. The van der Waals surface area contributed by atoms with Gasteiger partial charge in [-0.2, -0.15) is 0 Å². The molecule has 0 spiro atoms. The zero-order chi connectivity index (χ0) is 25.4. The van der Waals surface area contributed by atoms with E-state index in [1.807, 2.05) is 38.1 Å². The Morgan fingerprint density at radius 1 is 0.647 bits per heavy atom. The molecule has 0 radical (unpaired) electrons. The Morgan fingerprint density at radius 3 is 1.41 bits per heavy atom. The molecule has 34 heavy (non-hydrogen) atoms. The normalized spacial score (nSPS) is 11.3. The van der Waals surface area contributed by atoms with Gasteiger partial charge in [-0.05, 0) is 75.9 Å². The van der Waals surface area contributed by atoms with Crippen molar-refractivity contribution in [3.05, 3.63) is 87.0 Å². The maximum Gasteiger partial charge on any atom is 0.252 e. The molecule has 178 valence electrons. The van der Waals surface area contributed by atoms with E-state index in [1.54, 1.807) is 39.8 Å². The minimum atomic E-state index is -4.38. The van der Waals surface area contributed by atoms with Gasteiger partial charge in [0.15, 0.2) is 0 Å². The molecule has 0 aliphatic carbocycles. The molecular formula is C28H31O5P. The van der Waals surface area contributed by atoms with E-state index in [1.165, 1.54) is 20.3 Å². The van der Waals surface area contributed by atoms with Gasteiger partial charge in [-0.3, -0.25) is 9.59 Å². The topological polar surface area (TPSA) is 69.7 Å². The van der Waals surface area contributed by atoms with Crippen molar-refractivity contribution in [1.82, 2.24) is 0 Å². The van der Waals surface area contributed by atoms with Gasteiger partial charge in [0, 0.05) is 17.2 Å². The van der Waals surface area contributed by atoms with Crippen molar-refractivity contribution in [3.8, 4) is 11.5 Å². The van der Waals surface area contributed by atoms with Crippen LogP contribution in [-0.2, 0) is 4.57 Å². The van der Waals surface area contributed by atoms with Crippen LogP contribution in [0.25, 0.3) is 0 Å². The molecule has 0 unspecified atom stereocenters. The van der Waals surface area contributed by atoms with Crippen molar-refractivity contribution in [2.24, 2.45) is 0 Å². The van der Waals surface area contributed by atoms with E-state index < -0.39 is 18.2 Å². The van der Waals surface area contributed by atoms with E-state index in [2.05, 4.69) is 0 Å². The summed E-state index contributed by atoms with van der Waals surface area (Å²) in [7, 11) is -1.46. The van der Waals surface area contributed by atoms with Crippen LogP contribution in [0.1, 0.15) is 54.1 Å². The molecule has 0 heterocycles. The third kappa shape index (κ3) is 4.33. The lowest BCUT2D eigenvalue weighted by Gasteiger charge is -2.23. The Hall–Kier alpha value is -3.17. The Bertz CT molecular complexity index is 1230. The van der Waals surface area contributed by atoms with Gasteiger partial charge in [-0.15, -0.1) is 0 Å². The van der Waals surface area contributed by atoms with Crippen LogP contribution in [0.4, 0.5) is 0 Å². The van der Waals surface area contributed by atoms with Crippen LogP contribution >= 0.6 is 7.14 Å². The molecule has 0 bridgehead atoms. The van der Waals surface area contributed by atoms with Gasteiger partial charge in [0.2, 0.25) is 11.0 Å². The largest absolute Gasteiger partial charge is 0.497 e. The second-order valence-electron chi connectivity index (χ2n) is 8.80. The Balaban J connectivity index is 2.40. The lowest BCUT2D eigenvalue weighted by molar-refractivity contribution is 0.104. The molecule has 0 amide bonds. The summed E-state index contributed by atoms with van der Waals surface area (Å²) in [5.74, 6) is 0.645. The molecule has 3 aromatic rings. The van der Waals surface area contributed by atoms with Gasteiger partial charge in [-0.25, -0.2) is 0 Å². The second kappa shape index (κ2) is 9.60. The summed E-state index contributed by atoms with van der Waals surface area (Å²) in [6.07, 6.45) is 0. The minimum absolute atomic E-state index is 0.0737. The first kappa shape index (κ1) is 25.5. The van der Waals surface area contributed by atoms with Crippen molar-refractivity contribution in [3.63, 3.8) is 0 Å². The number of aryl methyl sites for hydroxylation is 6. The number of hydrogen-bond acceptors (Lipinski definition) is 5.